The van der Waals surface area contributed by atoms with Crippen LogP contribution in [0.15, 0.2) is 60.7 Å². The first-order valence-corrected chi connectivity index (χ1v) is 7.69. The topological polar surface area (TPSA) is 26.0 Å². The number of aryl methyl sites for hydroxylation is 1. The lowest BCUT2D eigenvalue weighted by atomic mass is 9.93. The lowest BCUT2D eigenvalue weighted by Gasteiger charge is -2.14. The second-order valence-corrected chi connectivity index (χ2v) is 5.43. The van der Waals surface area contributed by atoms with E-state index in [4.69, 9.17) is 5.73 Å². The van der Waals surface area contributed by atoms with Gasteiger partial charge in [0.15, 0.2) is 0 Å². The van der Waals surface area contributed by atoms with Crippen molar-refractivity contribution >= 4 is 0 Å². The molecule has 0 aromatic heterocycles. The molecule has 0 aliphatic rings. The number of benzene rings is 2. The average Bonchev–Trinajstić information content (AvgIpc) is 2.53. The van der Waals surface area contributed by atoms with Crippen LogP contribution in [0.25, 0.3) is 0 Å². The molecule has 0 spiro atoms. The number of unbranched alkanes of at least 4 members (excludes halogenated alkanes) is 2. The predicted molar refractivity (Wildman–Crippen MR) is 86.9 cm³/mol. The van der Waals surface area contributed by atoms with Crippen molar-refractivity contribution in [1.82, 2.24) is 0 Å². The van der Waals surface area contributed by atoms with Gasteiger partial charge in [0.1, 0.15) is 0 Å². The van der Waals surface area contributed by atoms with Gasteiger partial charge in [0.2, 0.25) is 0 Å². The highest BCUT2D eigenvalue weighted by atomic mass is 14.5. The van der Waals surface area contributed by atoms with Crippen molar-refractivity contribution in [3.05, 3.63) is 71.8 Å². The number of nitrogens with two attached hydrogens (primary N) is 1. The molecule has 2 aromatic carbocycles. The van der Waals surface area contributed by atoms with E-state index in [0.717, 1.165) is 6.54 Å². The van der Waals surface area contributed by atoms with E-state index in [-0.39, 0.29) is 0 Å². The normalized spacial score (nSPS) is 12.2. The first kappa shape index (κ1) is 14.8. The molecule has 1 atom stereocenters. The summed E-state index contributed by atoms with van der Waals surface area (Å²) in [7, 11) is 0. The maximum absolute atomic E-state index is 5.91. The number of rotatable bonds is 8. The Labute approximate surface area is 122 Å². The molecule has 2 aromatic rings. The van der Waals surface area contributed by atoms with Gasteiger partial charge in [0.05, 0.1) is 0 Å². The van der Waals surface area contributed by atoms with E-state index in [1.54, 1.807) is 0 Å². The third-order valence-corrected chi connectivity index (χ3v) is 3.92. The van der Waals surface area contributed by atoms with Crippen molar-refractivity contribution in [2.75, 3.05) is 6.54 Å². The molecule has 1 nitrogen and oxygen atoms in total. The van der Waals surface area contributed by atoms with Gasteiger partial charge in [-0.15, -0.1) is 0 Å². The Balaban J connectivity index is 1.67. The van der Waals surface area contributed by atoms with Crippen molar-refractivity contribution < 1.29 is 0 Å². The van der Waals surface area contributed by atoms with Gasteiger partial charge in [0.25, 0.3) is 0 Å². The zero-order chi connectivity index (χ0) is 14.0. The molecule has 0 heterocycles. The summed E-state index contributed by atoms with van der Waals surface area (Å²) in [5.41, 5.74) is 8.75. The minimum atomic E-state index is 0.521. The second kappa shape index (κ2) is 8.55. The Morgan fingerprint density at radius 2 is 1.40 bits per heavy atom. The lowest BCUT2D eigenvalue weighted by Crippen LogP contribution is -2.12. The summed E-state index contributed by atoms with van der Waals surface area (Å²) in [5.74, 6) is 0.521. The number of hydrogen-bond donors (Lipinski definition) is 1. The SMILES string of the molecule is NC[C@@H](CCCCCc1ccccc1)c1ccccc1. The van der Waals surface area contributed by atoms with Crippen LogP contribution in [-0.4, -0.2) is 6.54 Å². The Kier molecular flexibility index (Phi) is 6.33. The summed E-state index contributed by atoms with van der Waals surface area (Å²) in [6, 6.07) is 21.4. The summed E-state index contributed by atoms with van der Waals surface area (Å²) < 4.78 is 0. The van der Waals surface area contributed by atoms with Crippen LogP contribution in [0.2, 0.25) is 0 Å². The molecule has 0 saturated carbocycles. The smallest absolute Gasteiger partial charge is 0.000824 e. The van der Waals surface area contributed by atoms with E-state index in [1.165, 1.54) is 43.2 Å². The second-order valence-electron chi connectivity index (χ2n) is 5.43. The summed E-state index contributed by atoms with van der Waals surface area (Å²) in [5, 5.41) is 0. The fraction of sp³-hybridized carbons (Fsp3) is 0.368. The highest BCUT2D eigenvalue weighted by Gasteiger charge is 2.08. The monoisotopic (exact) mass is 267 g/mol. The Bertz CT molecular complexity index is 464. The van der Waals surface area contributed by atoms with Gasteiger partial charge in [-0.1, -0.05) is 73.5 Å². The summed E-state index contributed by atoms with van der Waals surface area (Å²) in [4.78, 5) is 0. The van der Waals surface area contributed by atoms with Crippen LogP contribution in [0.3, 0.4) is 0 Å². The van der Waals surface area contributed by atoms with Crippen molar-refractivity contribution in [1.29, 1.82) is 0 Å². The predicted octanol–water partition coefficient (Wildman–Crippen LogP) is 4.53. The standard InChI is InChI=1S/C19H25N/c20-16-19(18-13-7-3-8-14-18)15-9-2-6-12-17-10-4-1-5-11-17/h1,3-5,7-8,10-11,13-14,19H,2,6,9,12,15-16,20H2/t19-/m1/s1. The molecule has 0 unspecified atom stereocenters. The van der Waals surface area contributed by atoms with Gasteiger partial charge in [-0.25, -0.2) is 0 Å². The molecular formula is C19H25N. The molecular weight excluding hydrogens is 242 g/mol. The fourth-order valence-corrected chi connectivity index (χ4v) is 2.69. The van der Waals surface area contributed by atoms with Crippen LogP contribution in [0.4, 0.5) is 0 Å². The first-order chi connectivity index (χ1) is 9.90. The lowest BCUT2D eigenvalue weighted by molar-refractivity contribution is 0.562. The van der Waals surface area contributed by atoms with Crippen LogP contribution < -0.4 is 5.73 Å². The molecule has 0 saturated heterocycles. The molecule has 20 heavy (non-hydrogen) atoms. The fourth-order valence-electron chi connectivity index (χ4n) is 2.69. The van der Waals surface area contributed by atoms with Gasteiger partial charge in [-0.3, -0.25) is 0 Å². The van der Waals surface area contributed by atoms with E-state index in [2.05, 4.69) is 60.7 Å². The van der Waals surface area contributed by atoms with E-state index in [1.807, 2.05) is 0 Å². The van der Waals surface area contributed by atoms with Crippen LogP contribution in [0.1, 0.15) is 42.7 Å². The van der Waals surface area contributed by atoms with Crippen molar-refractivity contribution in [2.45, 2.75) is 38.0 Å². The van der Waals surface area contributed by atoms with E-state index in [9.17, 15) is 0 Å². The van der Waals surface area contributed by atoms with Crippen LogP contribution in [-0.2, 0) is 6.42 Å². The van der Waals surface area contributed by atoms with Crippen LogP contribution in [0, 0.1) is 0 Å². The van der Waals surface area contributed by atoms with Gasteiger partial charge >= 0.3 is 0 Å². The summed E-state index contributed by atoms with van der Waals surface area (Å²) in [6.07, 6.45) is 6.23. The van der Waals surface area contributed by atoms with E-state index < -0.39 is 0 Å². The van der Waals surface area contributed by atoms with Gasteiger partial charge in [-0.05, 0) is 42.9 Å². The van der Waals surface area contributed by atoms with Gasteiger partial charge in [0, 0.05) is 0 Å². The highest BCUT2D eigenvalue weighted by Crippen LogP contribution is 2.21. The quantitative estimate of drug-likeness (QED) is 0.699. The molecule has 0 aliphatic heterocycles. The van der Waals surface area contributed by atoms with Crippen molar-refractivity contribution in [3.63, 3.8) is 0 Å². The maximum Gasteiger partial charge on any atom is -0.000824 e. The van der Waals surface area contributed by atoms with E-state index >= 15 is 0 Å². The van der Waals surface area contributed by atoms with Crippen molar-refractivity contribution in [3.8, 4) is 0 Å². The molecule has 2 N–H and O–H groups in total. The maximum atomic E-state index is 5.91. The zero-order valence-corrected chi connectivity index (χ0v) is 12.2. The molecule has 0 aliphatic carbocycles. The zero-order valence-electron chi connectivity index (χ0n) is 12.2. The third-order valence-electron chi connectivity index (χ3n) is 3.92. The molecule has 2 rings (SSSR count). The largest absolute Gasteiger partial charge is 0.330 e. The summed E-state index contributed by atoms with van der Waals surface area (Å²) >= 11 is 0. The Morgan fingerprint density at radius 1 is 0.750 bits per heavy atom. The third kappa shape index (κ3) is 4.82. The molecule has 0 radical (unpaired) electrons. The first-order valence-electron chi connectivity index (χ1n) is 7.69. The van der Waals surface area contributed by atoms with Crippen LogP contribution in [0.5, 0.6) is 0 Å². The van der Waals surface area contributed by atoms with Gasteiger partial charge in [-0.2, -0.15) is 0 Å². The summed E-state index contributed by atoms with van der Waals surface area (Å²) in [6.45, 7) is 0.753. The molecule has 0 bridgehead atoms. The Hall–Kier alpha value is -1.60. The number of hydrogen-bond acceptors (Lipinski definition) is 1. The Morgan fingerprint density at radius 3 is 2.05 bits per heavy atom. The molecule has 1 heteroatoms. The minimum Gasteiger partial charge on any atom is -0.330 e. The minimum absolute atomic E-state index is 0.521. The molecule has 106 valence electrons. The average molecular weight is 267 g/mol. The van der Waals surface area contributed by atoms with Crippen LogP contribution >= 0.6 is 0 Å². The van der Waals surface area contributed by atoms with Crippen molar-refractivity contribution in [2.24, 2.45) is 5.73 Å². The molecule has 0 amide bonds. The van der Waals surface area contributed by atoms with E-state index in [0.29, 0.717) is 5.92 Å². The van der Waals surface area contributed by atoms with Gasteiger partial charge < -0.3 is 5.73 Å². The molecule has 0 fully saturated rings. The highest BCUT2D eigenvalue weighted by molar-refractivity contribution is 5.19.